The van der Waals surface area contributed by atoms with Crippen LogP contribution in [0.2, 0.25) is 0 Å². The lowest BCUT2D eigenvalue weighted by Crippen LogP contribution is -2.23. The van der Waals surface area contributed by atoms with Gasteiger partial charge in [-0.3, -0.25) is 4.90 Å². The Hall–Kier alpha value is -1.06. The van der Waals surface area contributed by atoms with E-state index in [1.54, 1.807) is 6.26 Å². The van der Waals surface area contributed by atoms with Gasteiger partial charge in [0.15, 0.2) is 0 Å². The predicted molar refractivity (Wildman–Crippen MR) is 58.0 cm³/mol. The Labute approximate surface area is 85.2 Å². The molecule has 3 nitrogen and oxygen atoms in total. The molecule has 14 heavy (non-hydrogen) atoms. The lowest BCUT2D eigenvalue weighted by molar-refractivity contribution is 0.350. The van der Waals surface area contributed by atoms with Crippen LogP contribution in [0, 0.1) is 6.92 Å². The van der Waals surface area contributed by atoms with E-state index < -0.39 is 0 Å². The highest BCUT2D eigenvalue weighted by molar-refractivity contribution is 5.15. The Morgan fingerprint density at radius 3 is 2.86 bits per heavy atom. The molecule has 0 saturated heterocycles. The first-order valence-corrected chi connectivity index (χ1v) is 4.71. The van der Waals surface area contributed by atoms with Crippen molar-refractivity contribution in [2.75, 3.05) is 20.1 Å². The van der Waals surface area contributed by atoms with E-state index in [0.29, 0.717) is 6.54 Å². The summed E-state index contributed by atoms with van der Waals surface area (Å²) in [6, 6.07) is 2.00. The molecule has 0 fully saturated rings. The molecule has 1 aromatic rings. The molecule has 3 heteroatoms. The van der Waals surface area contributed by atoms with Gasteiger partial charge in [0, 0.05) is 25.2 Å². The molecule has 0 saturated carbocycles. The van der Waals surface area contributed by atoms with Gasteiger partial charge in [0.2, 0.25) is 0 Å². The van der Waals surface area contributed by atoms with E-state index in [4.69, 9.17) is 10.2 Å². The fourth-order valence-corrected chi connectivity index (χ4v) is 1.37. The second-order valence-electron chi connectivity index (χ2n) is 3.63. The van der Waals surface area contributed by atoms with Gasteiger partial charge in [0.1, 0.15) is 5.76 Å². The number of nitrogens with zero attached hydrogens (tertiary/aromatic N) is 1. The smallest absolute Gasteiger partial charge is 0.105 e. The first kappa shape index (κ1) is 11.0. The lowest BCUT2D eigenvalue weighted by Gasteiger charge is -2.16. The van der Waals surface area contributed by atoms with E-state index >= 15 is 0 Å². The van der Waals surface area contributed by atoms with Crippen molar-refractivity contribution in [3.8, 4) is 0 Å². The average Bonchev–Trinajstić information content (AvgIpc) is 2.51. The van der Waals surface area contributed by atoms with Crippen LogP contribution in [0.4, 0.5) is 0 Å². The van der Waals surface area contributed by atoms with Gasteiger partial charge in [-0.25, -0.2) is 0 Å². The number of rotatable bonds is 5. The highest BCUT2D eigenvalue weighted by Gasteiger charge is 2.05. The number of likely N-dealkylation sites (N-methyl/N-ethyl adjacent to an activating group) is 1. The van der Waals surface area contributed by atoms with E-state index in [1.807, 2.05) is 20.0 Å². The Morgan fingerprint density at radius 2 is 2.36 bits per heavy atom. The van der Waals surface area contributed by atoms with Gasteiger partial charge in [0.25, 0.3) is 0 Å². The average molecular weight is 194 g/mol. The molecule has 0 radical (unpaired) electrons. The summed E-state index contributed by atoms with van der Waals surface area (Å²) in [6.45, 7) is 8.11. The van der Waals surface area contributed by atoms with Crippen molar-refractivity contribution in [2.24, 2.45) is 5.73 Å². The van der Waals surface area contributed by atoms with Crippen molar-refractivity contribution in [3.63, 3.8) is 0 Å². The minimum absolute atomic E-state index is 0.550. The standard InChI is InChI=1S/C11H18N2O/c1-9(6-12)7-13(3)8-11-4-5-14-10(11)2/h4-5H,1,6-8,12H2,2-3H3. The van der Waals surface area contributed by atoms with E-state index in [2.05, 4.69) is 11.5 Å². The summed E-state index contributed by atoms with van der Waals surface area (Å²) < 4.78 is 5.22. The van der Waals surface area contributed by atoms with Crippen LogP contribution in [0.25, 0.3) is 0 Å². The summed E-state index contributed by atoms with van der Waals surface area (Å²) in [5, 5.41) is 0. The molecule has 0 aliphatic rings. The third-order valence-corrected chi connectivity index (χ3v) is 2.19. The molecule has 0 unspecified atom stereocenters. The summed E-state index contributed by atoms with van der Waals surface area (Å²) in [5.74, 6) is 0.982. The summed E-state index contributed by atoms with van der Waals surface area (Å²) in [5.41, 5.74) is 7.75. The molecule has 1 rings (SSSR count). The van der Waals surface area contributed by atoms with Crippen LogP contribution in [0.5, 0.6) is 0 Å². The fraction of sp³-hybridized carbons (Fsp3) is 0.455. The molecule has 0 atom stereocenters. The first-order valence-electron chi connectivity index (χ1n) is 4.71. The predicted octanol–water partition coefficient (Wildman–Crippen LogP) is 1.53. The molecular weight excluding hydrogens is 176 g/mol. The van der Waals surface area contributed by atoms with E-state index in [-0.39, 0.29) is 0 Å². The maximum atomic E-state index is 5.48. The van der Waals surface area contributed by atoms with E-state index in [1.165, 1.54) is 5.56 Å². The zero-order chi connectivity index (χ0) is 10.6. The number of hydrogen-bond acceptors (Lipinski definition) is 3. The Morgan fingerprint density at radius 1 is 1.64 bits per heavy atom. The highest BCUT2D eigenvalue weighted by atomic mass is 16.3. The largest absolute Gasteiger partial charge is 0.469 e. The maximum absolute atomic E-state index is 5.48. The van der Waals surface area contributed by atoms with Gasteiger partial charge >= 0.3 is 0 Å². The second kappa shape index (κ2) is 4.98. The van der Waals surface area contributed by atoms with Gasteiger partial charge in [-0.1, -0.05) is 6.58 Å². The Kier molecular flexibility index (Phi) is 3.92. The number of furan rings is 1. The fourth-order valence-electron chi connectivity index (χ4n) is 1.37. The molecule has 0 aliphatic carbocycles. The van der Waals surface area contributed by atoms with Gasteiger partial charge in [0.05, 0.1) is 6.26 Å². The summed E-state index contributed by atoms with van der Waals surface area (Å²) in [4.78, 5) is 2.17. The van der Waals surface area contributed by atoms with Gasteiger partial charge in [-0.2, -0.15) is 0 Å². The zero-order valence-corrected chi connectivity index (χ0v) is 8.92. The molecule has 0 aliphatic heterocycles. The van der Waals surface area contributed by atoms with Gasteiger partial charge in [-0.05, 0) is 25.6 Å². The molecule has 1 aromatic heterocycles. The normalized spacial score (nSPS) is 10.9. The quantitative estimate of drug-likeness (QED) is 0.723. The van der Waals surface area contributed by atoms with Crippen molar-refractivity contribution >= 4 is 0 Å². The van der Waals surface area contributed by atoms with Crippen LogP contribution in [0.15, 0.2) is 28.9 Å². The molecule has 0 amide bonds. The summed E-state index contributed by atoms with van der Waals surface area (Å²) in [7, 11) is 2.05. The SMILES string of the molecule is C=C(CN)CN(C)Cc1ccoc1C. The third-order valence-electron chi connectivity index (χ3n) is 2.19. The monoisotopic (exact) mass is 194 g/mol. The van der Waals surface area contributed by atoms with Crippen molar-refractivity contribution in [1.29, 1.82) is 0 Å². The van der Waals surface area contributed by atoms with Crippen LogP contribution < -0.4 is 5.73 Å². The molecular formula is C11H18N2O. The molecule has 1 heterocycles. The molecule has 0 bridgehead atoms. The van der Waals surface area contributed by atoms with Crippen LogP contribution in [-0.4, -0.2) is 25.0 Å². The number of nitrogens with two attached hydrogens (primary N) is 1. The number of aryl methyl sites for hydroxylation is 1. The Balaban J connectivity index is 2.45. The molecule has 0 spiro atoms. The van der Waals surface area contributed by atoms with Crippen LogP contribution in [0.1, 0.15) is 11.3 Å². The van der Waals surface area contributed by atoms with Crippen LogP contribution >= 0.6 is 0 Å². The second-order valence-corrected chi connectivity index (χ2v) is 3.63. The Bertz CT molecular complexity index is 304. The molecule has 78 valence electrons. The van der Waals surface area contributed by atoms with E-state index in [0.717, 1.165) is 24.4 Å². The number of hydrogen-bond donors (Lipinski definition) is 1. The maximum Gasteiger partial charge on any atom is 0.105 e. The van der Waals surface area contributed by atoms with Crippen molar-refractivity contribution in [1.82, 2.24) is 4.90 Å². The van der Waals surface area contributed by atoms with E-state index in [9.17, 15) is 0 Å². The van der Waals surface area contributed by atoms with Crippen molar-refractivity contribution in [2.45, 2.75) is 13.5 Å². The third kappa shape index (κ3) is 3.01. The minimum atomic E-state index is 0.550. The van der Waals surface area contributed by atoms with Gasteiger partial charge in [-0.15, -0.1) is 0 Å². The zero-order valence-electron chi connectivity index (χ0n) is 8.92. The summed E-state index contributed by atoms with van der Waals surface area (Å²) in [6.07, 6.45) is 1.72. The van der Waals surface area contributed by atoms with Crippen LogP contribution in [-0.2, 0) is 6.54 Å². The van der Waals surface area contributed by atoms with Gasteiger partial charge < -0.3 is 10.2 Å². The minimum Gasteiger partial charge on any atom is -0.469 e. The summed E-state index contributed by atoms with van der Waals surface area (Å²) >= 11 is 0. The van der Waals surface area contributed by atoms with Crippen molar-refractivity contribution < 1.29 is 4.42 Å². The highest BCUT2D eigenvalue weighted by Crippen LogP contribution is 2.11. The first-order chi connectivity index (χ1) is 6.63. The molecule has 0 aromatic carbocycles. The molecule has 2 N–H and O–H groups in total. The van der Waals surface area contributed by atoms with Crippen molar-refractivity contribution in [3.05, 3.63) is 35.8 Å². The lowest BCUT2D eigenvalue weighted by atomic mass is 10.2. The topological polar surface area (TPSA) is 42.4 Å². The van der Waals surface area contributed by atoms with Crippen LogP contribution in [0.3, 0.4) is 0 Å².